The van der Waals surface area contributed by atoms with E-state index in [-0.39, 0.29) is 17.5 Å². The Morgan fingerprint density at radius 2 is 2.11 bits per heavy atom. The smallest absolute Gasteiger partial charge is 0.126 e. The Labute approximate surface area is 113 Å². The Kier molecular flexibility index (Phi) is 5.57. The van der Waals surface area contributed by atoms with E-state index in [1.807, 2.05) is 27.8 Å². The second kappa shape index (κ2) is 6.50. The van der Waals surface area contributed by atoms with Gasteiger partial charge in [0.2, 0.25) is 0 Å². The fourth-order valence-corrected chi connectivity index (χ4v) is 2.28. The van der Waals surface area contributed by atoms with Crippen molar-refractivity contribution in [3.63, 3.8) is 0 Å². The molecule has 0 saturated carbocycles. The molecule has 1 aromatic rings. The predicted molar refractivity (Wildman–Crippen MR) is 73.7 cm³/mol. The molecule has 0 fully saturated rings. The summed E-state index contributed by atoms with van der Waals surface area (Å²) in [6.45, 7) is 6.58. The third-order valence-electron chi connectivity index (χ3n) is 3.14. The van der Waals surface area contributed by atoms with Crippen molar-refractivity contribution in [1.29, 1.82) is 0 Å². The third-order valence-corrected chi connectivity index (χ3v) is 3.37. The van der Waals surface area contributed by atoms with Crippen molar-refractivity contribution in [2.24, 2.45) is 0 Å². The minimum atomic E-state index is -0.363. The van der Waals surface area contributed by atoms with Gasteiger partial charge in [0.05, 0.1) is 5.60 Å². The number of halogens is 2. The Balaban J connectivity index is 2.89. The highest BCUT2D eigenvalue weighted by Gasteiger charge is 2.29. The molecular formula is C14H21ClFNO. The number of likely N-dealkylation sites (N-methyl/N-ethyl adjacent to an activating group) is 1. The minimum absolute atomic E-state index is 0.0189. The van der Waals surface area contributed by atoms with E-state index < -0.39 is 0 Å². The third kappa shape index (κ3) is 3.94. The summed E-state index contributed by atoms with van der Waals surface area (Å²) < 4.78 is 19.4. The van der Waals surface area contributed by atoms with E-state index in [4.69, 9.17) is 16.3 Å². The van der Waals surface area contributed by atoms with Crippen molar-refractivity contribution in [1.82, 2.24) is 5.32 Å². The van der Waals surface area contributed by atoms with Gasteiger partial charge in [0, 0.05) is 17.7 Å². The molecule has 102 valence electrons. The molecule has 0 spiro atoms. The molecule has 0 aromatic heterocycles. The van der Waals surface area contributed by atoms with Crippen molar-refractivity contribution in [3.05, 3.63) is 34.6 Å². The van der Waals surface area contributed by atoms with Crippen molar-refractivity contribution in [2.45, 2.75) is 38.8 Å². The first-order valence-electron chi connectivity index (χ1n) is 6.16. The van der Waals surface area contributed by atoms with Gasteiger partial charge in [-0.1, -0.05) is 11.6 Å². The topological polar surface area (TPSA) is 21.3 Å². The summed E-state index contributed by atoms with van der Waals surface area (Å²) in [6, 6.07) is 4.65. The van der Waals surface area contributed by atoms with Gasteiger partial charge in [-0.25, -0.2) is 4.39 Å². The second-order valence-electron chi connectivity index (χ2n) is 4.82. The van der Waals surface area contributed by atoms with Crippen molar-refractivity contribution in [2.75, 3.05) is 13.7 Å². The molecule has 1 N–H and O–H groups in total. The summed E-state index contributed by atoms with van der Waals surface area (Å²) in [6.07, 6.45) is 0.538. The van der Waals surface area contributed by atoms with Crippen LogP contribution >= 0.6 is 11.6 Å². The van der Waals surface area contributed by atoms with Gasteiger partial charge in [0.25, 0.3) is 0 Å². The summed E-state index contributed by atoms with van der Waals surface area (Å²) >= 11 is 5.90. The number of ether oxygens (including phenoxy) is 1. The van der Waals surface area contributed by atoms with Crippen LogP contribution in [-0.2, 0) is 11.2 Å². The normalized spacial score (nSPS) is 13.7. The molecule has 0 saturated heterocycles. The molecule has 1 rings (SSSR count). The van der Waals surface area contributed by atoms with Crippen LogP contribution in [0.2, 0.25) is 5.02 Å². The maximum atomic E-state index is 13.7. The Morgan fingerprint density at radius 3 is 2.67 bits per heavy atom. The van der Waals surface area contributed by atoms with Crippen molar-refractivity contribution in [3.8, 4) is 0 Å². The Hall–Kier alpha value is -0.640. The van der Waals surface area contributed by atoms with Gasteiger partial charge < -0.3 is 10.1 Å². The molecular weight excluding hydrogens is 253 g/mol. The first-order chi connectivity index (χ1) is 8.40. The van der Waals surface area contributed by atoms with Gasteiger partial charge >= 0.3 is 0 Å². The summed E-state index contributed by atoms with van der Waals surface area (Å²) in [4.78, 5) is 0. The average Bonchev–Trinajstić information content (AvgIpc) is 2.29. The van der Waals surface area contributed by atoms with Crippen molar-refractivity contribution < 1.29 is 9.13 Å². The van der Waals surface area contributed by atoms with Crippen LogP contribution in [0.5, 0.6) is 0 Å². The molecule has 1 aromatic carbocycles. The van der Waals surface area contributed by atoms with Gasteiger partial charge in [-0.05, 0) is 58.0 Å². The van der Waals surface area contributed by atoms with Crippen LogP contribution in [-0.4, -0.2) is 25.3 Å². The monoisotopic (exact) mass is 273 g/mol. The largest absolute Gasteiger partial charge is 0.374 e. The van der Waals surface area contributed by atoms with Gasteiger partial charge in [-0.3, -0.25) is 0 Å². The Morgan fingerprint density at radius 1 is 1.44 bits per heavy atom. The number of nitrogens with one attached hydrogen (secondary N) is 1. The van der Waals surface area contributed by atoms with Crippen LogP contribution in [0.1, 0.15) is 26.3 Å². The lowest BCUT2D eigenvalue weighted by atomic mass is 9.92. The fourth-order valence-electron chi connectivity index (χ4n) is 2.09. The minimum Gasteiger partial charge on any atom is -0.374 e. The Bertz CT molecular complexity index is 395. The van der Waals surface area contributed by atoms with Crippen molar-refractivity contribution >= 4 is 11.6 Å². The van der Waals surface area contributed by atoms with E-state index in [0.717, 1.165) is 0 Å². The molecule has 0 aliphatic carbocycles. The lowest BCUT2D eigenvalue weighted by Crippen LogP contribution is -2.48. The first-order valence-corrected chi connectivity index (χ1v) is 6.53. The standard InChI is InChI=1S/C14H21ClFNO/c1-5-18-14(2,3)13(17-4)9-10-8-11(15)6-7-12(10)16/h6-8,13,17H,5,9H2,1-4H3. The molecule has 1 unspecified atom stereocenters. The van der Waals surface area contributed by atoms with E-state index in [1.165, 1.54) is 6.07 Å². The van der Waals surface area contributed by atoms with Crippen LogP contribution in [0.15, 0.2) is 18.2 Å². The lowest BCUT2D eigenvalue weighted by Gasteiger charge is -2.34. The molecule has 2 nitrogen and oxygen atoms in total. The van der Waals surface area contributed by atoms with Crippen LogP contribution in [0.4, 0.5) is 4.39 Å². The summed E-state index contributed by atoms with van der Waals surface area (Å²) in [7, 11) is 1.86. The molecule has 0 heterocycles. The summed E-state index contributed by atoms with van der Waals surface area (Å²) in [5.74, 6) is -0.230. The van der Waals surface area contributed by atoms with Crippen LogP contribution in [0.25, 0.3) is 0 Å². The average molecular weight is 274 g/mol. The SMILES string of the molecule is CCOC(C)(C)C(Cc1cc(Cl)ccc1F)NC. The molecule has 0 bridgehead atoms. The maximum Gasteiger partial charge on any atom is 0.126 e. The number of benzene rings is 1. The number of hydrogen-bond acceptors (Lipinski definition) is 2. The lowest BCUT2D eigenvalue weighted by molar-refractivity contribution is -0.0364. The van der Waals surface area contributed by atoms with E-state index >= 15 is 0 Å². The van der Waals surface area contributed by atoms with Gasteiger partial charge in [-0.2, -0.15) is 0 Å². The van der Waals surface area contributed by atoms with Gasteiger partial charge in [0.1, 0.15) is 5.82 Å². The maximum absolute atomic E-state index is 13.7. The molecule has 0 aliphatic rings. The van der Waals surface area contributed by atoms with E-state index in [2.05, 4.69) is 5.32 Å². The molecule has 1 atom stereocenters. The van der Waals surface area contributed by atoms with E-state index in [0.29, 0.717) is 23.6 Å². The fraction of sp³-hybridized carbons (Fsp3) is 0.571. The predicted octanol–water partition coefficient (Wildman–Crippen LogP) is 3.42. The molecule has 0 radical (unpaired) electrons. The van der Waals surface area contributed by atoms with Gasteiger partial charge in [-0.15, -0.1) is 0 Å². The molecule has 18 heavy (non-hydrogen) atoms. The highest BCUT2D eigenvalue weighted by atomic mass is 35.5. The van der Waals surface area contributed by atoms with E-state index in [9.17, 15) is 4.39 Å². The molecule has 4 heteroatoms. The second-order valence-corrected chi connectivity index (χ2v) is 5.25. The van der Waals surface area contributed by atoms with Crippen LogP contribution in [0.3, 0.4) is 0 Å². The zero-order valence-corrected chi connectivity index (χ0v) is 12.1. The van der Waals surface area contributed by atoms with Crippen LogP contribution in [0, 0.1) is 5.82 Å². The zero-order valence-electron chi connectivity index (χ0n) is 11.4. The van der Waals surface area contributed by atoms with Gasteiger partial charge in [0.15, 0.2) is 0 Å². The first kappa shape index (κ1) is 15.4. The zero-order chi connectivity index (χ0) is 13.8. The quantitative estimate of drug-likeness (QED) is 0.857. The highest BCUT2D eigenvalue weighted by Crippen LogP contribution is 2.22. The molecule has 0 amide bonds. The summed E-state index contributed by atoms with van der Waals surface area (Å²) in [5.41, 5.74) is 0.243. The highest BCUT2D eigenvalue weighted by molar-refractivity contribution is 6.30. The number of hydrogen-bond donors (Lipinski definition) is 1. The number of rotatable bonds is 6. The van der Waals surface area contributed by atoms with Crippen LogP contribution < -0.4 is 5.32 Å². The summed E-state index contributed by atoms with van der Waals surface area (Å²) in [5, 5.41) is 3.74. The van der Waals surface area contributed by atoms with E-state index in [1.54, 1.807) is 12.1 Å². The molecule has 0 aliphatic heterocycles.